The normalized spacial score (nSPS) is 27.7. The maximum absolute atomic E-state index is 12.9. The lowest BCUT2D eigenvalue weighted by Gasteiger charge is -2.37. The monoisotopic (exact) mass is 278 g/mol. The van der Waals surface area contributed by atoms with E-state index in [1.807, 2.05) is 6.92 Å². The molecule has 4 nitrogen and oxygen atoms in total. The quantitative estimate of drug-likeness (QED) is 0.770. The molecular weight excluding hydrogens is 259 g/mol. The van der Waals surface area contributed by atoms with Crippen LogP contribution in [0.3, 0.4) is 0 Å². The Morgan fingerprint density at radius 2 is 1.80 bits per heavy atom. The van der Waals surface area contributed by atoms with E-state index >= 15 is 0 Å². The van der Waals surface area contributed by atoms with E-state index in [1.165, 1.54) is 12.1 Å². The third-order valence-corrected chi connectivity index (χ3v) is 4.09. The van der Waals surface area contributed by atoms with Gasteiger partial charge < -0.3 is 9.64 Å². The van der Waals surface area contributed by atoms with Crippen LogP contribution in [-0.4, -0.2) is 49.2 Å². The number of nitrogens with zero attached hydrogens (tertiary/aromatic N) is 2. The number of esters is 1. The van der Waals surface area contributed by atoms with Crippen molar-refractivity contribution in [1.29, 1.82) is 0 Å². The molecule has 2 aliphatic rings. The summed E-state index contributed by atoms with van der Waals surface area (Å²) in [4.78, 5) is 16.2. The Labute approximate surface area is 118 Å². The van der Waals surface area contributed by atoms with Crippen molar-refractivity contribution in [3.8, 4) is 0 Å². The molecule has 2 atom stereocenters. The maximum atomic E-state index is 12.9. The van der Waals surface area contributed by atoms with Gasteiger partial charge in [0, 0.05) is 38.3 Å². The summed E-state index contributed by atoms with van der Waals surface area (Å²) in [5, 5.41) is 0. The minimum absolute atomic E-state index is 0.0302. The number of cyclic esters (lactones) is 1. The number of carbonyl (C=O) groups is 1. The van der Waals surface area contributed by atoms with Crippen LogP contribution in [0.15, 0.2) is 24.3 Å². The molecule has 2 heterocycles. The molecule has 3 rings (SSSR count). The van der Waals surface area contributed by atoms with E-state index in [9.17, 15) is 9.18 Å². The highest BCUT2D eigenvalue weighted by molar-refractivity contribution is 5.78. The van der Waals surface area contributed by atoms with Crippen LogP contribution in [0.5, 0.6) is 0 Å². The molecule has 0 aliphatic carbocycles. The van der Waals surface area contributed by atoms with Crippen LogP contribution in [0.25, 0.3) is 0 Å². The van der Waals surface area contributed by atoms with Crippen LogP contribution >= 0.6 is 0 Å². The van der Waals surface area contributed by atoms with Crippen LogP contribution < -0.4 is 4.90 Å². The van der Waals surface area contributed by atoms with Crippen molar-refractivity contribution in [2.45, 2.75) is 25.5 Å². The van der Waals surface area contributed by atoms with Gasteiger partial charge in [-0.25, -0.2) is 4.39 Å². The van der Waals surface area contributed by atoms with Crippen molar-refractivity contribution in [2.75, 3.05) is 31.1 Å². The maximum Gasteiger partial charge on any atom is 0.323 e. The molecule has 0 radical (unpaired) electrons. The topological polar surface area (TPSA) is 32.8 Å². The number of anilines is 1. The van der Waals surface area contributed by atoms with E-state index in [-0.39, 0.29) is 23.9 Å². The average Bonchev–Trinajstić information content (AvgIpc) is 2.79. The van der Waals surface area contributed by atoms with Gasteiger partial charge in [-0.1, -0.05) is 0 Å². The Morgan fingerprint density at radius 3 is 2.35 bits per heavy atom. The van der Waals surface area contributed by atoms with Gasteiger partial charge in [0.05, 0.1) is 0 Å². The zero-order chi connectivity index (χ0) is 14.1. The Kier molecular flexibility index (Phi) is 3.61. The van der Waals surface area contributed by atoms with E-state index in [2.05, 4.69) is 9.80 Å². The summed E-state index contributed by atoms with van der Waals surface area (Å²) in [6, 6.07) is 6.49. The summed E-state index contributed by atoms with van der Waals surface area (Å²) < 4.78 is 18.1. The first kappa shape index (κ1) is 13.4. The Bertz CT molecular complexity index is 483. The highest BCUT2D eigenvalue weighted by Crippen LogP contribution is 2.23. The van der Waals surface area contributed by atoms with Crippen molar-refractivity contribution in [3.05, 3.63) is 30.1 Å². The van der Waals surface area contributed by atoms with Crippen molar-refractivity contribution >= 4 is 11.7 Å². The first-order valence-corrected chi connectivity index (χ1v) is 7.08. The van der Waals surface area contributed by atoms with Gasteiger partial charge in [0.15, 0.2) is 0 Å². The summed E-state index contributed by atoms with van der Waals surface area (Å²) in [6.45, 7) is 5.31. The predicted molar refractivity (Wildman–Crippen MR) is 74.1 cm³/mol. The molecule has 108 valence electrons. The fraction of sp³-hybridized carbons (Fsp3) is 0.533. The number of rotatable bonds is 2. The lowest BCUT2D eigenvalue weighted by molar-refractivity contribution is -0.144. The van der Waals surface area contributed by atoms with Crippen LogP contribution in [0.4, 0.5) is 10.1 Å². The highest BCUT2D eigenvalue weighted by atomic mass is 19.1. The van der Waals surface area contributed by atoms with Gasteiger partial charge in [0.25, 0.3) is 0 Å². The van der Waals surface area contributed by atoms with Gasteiger partial charge in [0.1, 0.15) is 18.0 Å². The molecule has 0 aromatic heterocycles. The molecular formula is C15H19FN2O2. The van der Waals surface area contributed by atoms with Crippen LogP contribution in [0.2, 0.25) is 0 Å². The van der Waals surface area contributed by atoms with E-state index in [4.69, 9.17) is 4.74 Å². The van der Waals surface area contributed by atoms with Gasteiger partial charge in [-0.2, -0.15) is 0 Å². The summed E-state index contributed by atoms with van der Waals surface area (Å²) >= 11 is 0. The minimum atomic E-state index is -0.213. The van der Waals surface area contributed by atoms with Crippen molar-refractivity contribution in [3.63, 3.8) is 0 Å². The summed E-state index contributed by atoms with van der Waals surface area (Å²) in [6.07, 6.45) is 0.817. The van der Waals surface area contributed by atoms with E-state index < -0.39 is 0 Å². The van der Waals surface area contributed by atoms with Crippen molar-refractivity contribution in [1.82, 2.24) is 4.90 Å². The molecule has 2 saturated heterocycles. The molecule has 5 heteroatoms. The molecule has 0 amide bonds. The number of halogens is 1. The second kappa shape index (κ2) is 5.40. The molecule has 2 aliphatic heterocycles. The fourth-order valence-corrected chi connectivity index (χ4v) is 2.98. The van der Waals surface area contributed by atoms with Crippen LogP contribution in [-0.2, 0) is 9.53 Å². The molecule has 1 aromatic carbocycles. The largest absolute Gasteiger partial charge is 0.461 e. The zero-order valence-corrected chi connectivity index (χ0v) is 11.6. The van der Waals surface area contributed by atoms with Gasteiger partial charge >= 0.3 is 5.97 Å². The Balaban J connectivity index is 1.59. The van der Waals surface area contributed by atoms with Crippen LogP contribution in [0.1, 0.15) is 13.3 Å². The second-order valence-corrected chi connectivity index (χ2v) is 5.50. The summed E-state index contributed by atoms with van der Waals surface area (Å²) in [7, 11) is 0. The SMILES string of the molecule is CC1CC(N2CCN(c3ccc(F)cc3)CC2)C(=O)O1. The zero-order valence-electron chi connectivity index (χ0n) is 11.6. The Morgan fingerprint density at radius 1 is 1.15 bits per heavy atom. The highest BCUT2D eigenvalue weighted by Gasteiger charge is 2.37. The summed E-state index contributed by atoms with van der Waals surface area (Å²) in [5.41, 5.74) is 1.04. The number of hydrogen-bond donors (Lipinski definition) is 0. The molecule has 2 fully saturated rings. The first-order valence-electron chi connectivity index (χ1n) is 7.08. The average molecular weight is 278 g/mol. The minimum Gasteiger partial charge on any atom is -0.461 e. The van der Waals surface area contributed by atoms with Gasteiger partial charge in [-0.15, -0.1) is 0 Å². The lowest BCUT2D eigenvalue weighted by Crippen LogP contribution is -2.51. The third kappa shape index (κ3) is 2.63. The van der Waals surface area contributed by atoms with E-state index in [0.29, 0.717) is 0 Å². The third-order valence-electron chi connectivity index (χ3n) is 4.09. The summed E-state index contributed by atoms with van der Waals surface area (Å²) in [5.74, 6) is -0.303. The molecule has 0 bridgehead atoms. The Hall–Kier alpha value is -1.62. The van der Waals surface area contributed by atoms with E-state index in [0.717, 1.165) is 38.3 Å². The second-order valence-electron chi connectivity index (χ2n) is 5.50. The van der Waals surface area contributed by atoms with Gasteiger partial charge in [-0.05, 0) is 31.2 Å². The predicted octanol–water partition coefficient (Wildman–Crippen LogP) is 1.65. The standard InChI is InChI=1S/C15H19FN2O2/c1-11-10-14(15(19)20-11)18-8-6-17(7-9-18)13-4-2-12(16)3-5-13/h2-5,11,14H,6-10H2,1H3. The number of ether oxygens (including phenoxy) is 1. The number of benzene rings is 1. The molecule has 2 unspecified atom stereocenters. The molecule has 0 N–H and O–H groups in total. The molecule has 0 saturated carbocycles. The fourth-order valence-electron chi connectivity index (χ4n) is 2.98. The van der Waals surface area contributed by atoms with Crippen molar-refractivity contribution < 1.29 is 13.9 Å². The van der Waals surface area contributed by atoms with Gasteiger partial charge in [-0.3, -0.25) is 9.69 Å². The van der Waals surface area contributed by atoms with E-state index in [1.54, 1.807) is 12.1 Å². The lowest BCUT2D eigenvalue weighted by atomic mass is 10.1. The molecule has 20 heavy (non-hydrogen) atoms. The molecule has 0 spiro atoms. The number of carbonyl (C=O) groups excluding carboxylic acids is 1. The smallest absolute Gasteiger partial charge is 0.323 e. The van der Waals surface area contributed by atoms with Crippen LogP contribution in [0, 0.1) is 5.82 Å². The van der Waals surface area contributed by atoms with Crippen molar-refractivity contribution in [2.24, 2.45) is 0 Å². The number of piperazine rings is 1. The first-order chi connectivity index (χ1) is 9.63. The van der Waals surface area contributed by atoms with Gasteiger partial charge in [0.2, 0.25) is 0 Å². The number of hydrogen-bond acceptors (Lipinski definition) is 4. The molecule has 1 aromatic rings.